The third-order valence-corrected chi connectivity index (χ3v) is 3.11. The van der Waals surface area contributed by atoms with Crippen molar-refractivity contribution in [3.63, 3.8) is 0 Å². The standard InChI is InChI=1S/C11H7F3N2O3S/c12-11(13,14)19-6-3-1-2-5(4-6)8-7(9(17)18)16-10(15)20-8/h1-4H,(H2,15,16)(H,17,18). The van der Waals surface area contributed by atoms with Gasteiger partial charge in [-0.25, -0.2) is 9.78 Å². The molecule has 0 amide bonds. The van der Waals surface area contributed by atoms with E-state index >= 15 is 0 Å². The van der Waals surface area contributed by atoms with Crippen LogP contribution in [0.5, 0.6) is 5.75 Å². The number of nitrogens with zero attached hydrogens (tertiary/aromatic N) is 1. The quantitative estimate of drug-likeness (QED) is 0.910. The molecule has 20 heavy (non-hydrogen) atoms. The van der Waals surface area contributed by atoms with Crippen LogP contribution in [0.15, 0.2) is 24.3 Å². The molecule has 3 N–H and O–H groups in total. The van der Waals surface area contributed by atoms with Gasteiger partial charge in [0.2, 0.25) is 0 Å². The van der Waals surface area contributed by atoms with E-state index in [-0.39, 0.29) is 21.3 Å². The van der Waals surface area contributed by atoms with Crippen LogP contribution >= 0.6 is 11.3 Å². The predicted molar refractivity (Wildman–Crippen MR) is 65.6 cm³/mol. The monoisotopic (exact) mass is 304 g/mol. The highest BCUT2D eigenvalue weighted by molar-refractivity contribution is 7.19. The molecule has 5 nitrogen and oxygen atoms in total. The maximum absolute atomic E-state index is 12.1. The Morgan fingerprint density at radius 1 is 1.40 bits per heavy atom. The van der Waals surface area contributed by atoms with Crippen LogP contribution < -0.4 is 10.5 Å². The number of halogens is 3. The van der Waals surface area contributed by atoms with Gasteiger partial charge in [0.25, 0.3) is 0 Å². The van der Waals surface area contributed by atoms with Gasteiger partial charge in [0, 0.05) is 0 Å². The zero-order valence-corrected chi connectivity index (χ0v) is 10.5. The molecule has 0 unspecified atom stereocenters. The van der Waals surface area contributed by atoms with Gasteiger partial charge in [-0.05, 0) is 17.7 Å². The van der Waals surface area contributed by atoms with Crippen molar-refractivity contribution in [2.24, 2.45) is 0 Å². The number of aromatic carboxylic acids is 1. The lowest BCUT2D eigenvalue weighted by molar-refractivity contribution is -0.274. The van der Waals surface area contributed by atoms with Gasteiger partial charge < -0.3 is 15.6 Å². The molecule has 1 aromatic carbocycles. The van der Waals surface area contributed by atoms with E-state index in [1.165, 1.54) is 12.1 Å². The molecule has 0 aliphatic carbocycles. The molecule has 0 atom stereocenters. The number of anilines is 1. The number of carbonyl (C=O) groups is 1. The summed E-state index contributed by atoms with van der Waals surface area (Å²) in [5, 5.41) is 8.99. The Balaban J connectivity index is 2.43. The summed E-state index contributed by atoms with van der Waals surface area (Å²) in [5.41, 5.74) is 5.35. The molecule has 0 fully saturated rings. The van der Waals surface area contributed by atoms with Crippen LogP contribution in [-0.2, 0) is 0 Å². The fourth-order valence-electron chi connectivity index (χ4n) is 1.51. The molecule has 106 valence electrons. The van der Waals surface area contributed by atoms with Gasteiger partial charge in [0.1, 0.15) is 5.75 Å². The van der Waals surface area contributed by atoms with E-state index in [1.807, 2.05) is 0 Å². The number of aromatic nitrogens is 1. The van der Waals surface area contributed by atoms with E-state index in [2.05, 4.69) is 9.72 Å². The lowest BCUT2D eigenvalue weighted by Crippen LogP contribution is -2.17. The number of carboxylic acids is 1. The van der Waals surface area contributed by atoms with Crippen LogP contribution in [0.3, 0.4) is 0 Å². The topological polar surface area (TPSA) is 85.4 Å². The summed E-state index contributed by atoms with van der Waals surface area (Å²) >= 11 is 0.871. The van der Waals surface area contributed by atoms with Gasteiger partial charge in [0.05, 0.1) is 4.88 Å². The van der Waals surface area contributed by atoms with Crippen LogP contribution in [0.2, 0.25) is 0 Å². The minimum absolute atomic E-state index is 0.0135. The molecule has 0 saturated carbocycles. The number of hydrogen-bond donors (Lipinski definition) is 2. The predicted octanol–water partition coefficient (Wildman–Crippen LogP) is 2.99. The Bertz CT molecular complexity index is 655. The zero-order chi connectivity index (χ0) is 14.9. The van der Waals surface area contributed by atoms with Crippen molar-refractivity contribution in [1.82, 2.24) is 4.98 Å². The van der Waals surface area contributed by atoms with Gasteiger partial charge in [-0.2, -0.15) is 0 Å². The van der Waals surface area contributed by atoms with Crippen LogP contribution in [0.4, 0.5) is 18.3 Å². The summed E-state index contributed by atoms with van der Waals surface area (Å²) in [5.74, 6) is -1.76. The molecule has 1 heterocycles. The number of thiazole rings is 1. The fraction of sp³-hybridized carbons (Fsp3) is 0.0909. The van der Waals surface area contributed by atoms with Crippen molar-refractivity contribution in [1.29, 1.82) is 0 Å². The first-order valence-electron chi connectivity index (χ1n) is 5.12. The van der Waals surface area contributed by atoms with Crippen LogP contribution in [0.1, 0.15) is 10.5 Å². The normalized spacial score (nSPS) is 11.3. The molecule has 9 heteroatoms. The number of carboxylic acid groups (broad SMARTS) is 1. The molecule has 1 aromatic heterocycles. The third kappa shape index (κ3) is 3.18. The Labute approximate surface area is 114 Å². The first-order valence-corrected chi connectivity index (χ1v) is 5.93. The van der Waals surface area contributed by atoms with Crippen molar-refractivity contribution in [2.45, 2.75) is 6.36 Å². The first-order chi connectivity index (χ1) is 9.26. The smallest absolute Gasteiger partial charge is 0.476 e. The Morgan fingerprint density at radius 3 is 2.70 bits per heavy atom. The molecule has 2 aromatic rings. The maximum Gasteiger partial charge on any atom is 0.573 e. The number of rotatable bonds is 3. The van der Waals surface area contributed by atoms with Crippen molar-refractivity contribution in [3.8, 4) is 16.2 Å². The van der Waals surface area contributed by atoms with E-state index < -0.39 is 18.1 Å². The molecule has 2 rings (SSSR count). The van der Waals surface area contributed by atoms with Gasteiger partial charge in [-0.3, -0.25) is 0 Å². The third-order valence-electron chi connectivity index (χ3n) is 2.18. The number of alkyl halides is 3. The number of ether oxygens (including phenoxy) is 1. The van der Waals surface area contributed by atoms with Gasteiger partial charge in [-0.1, -0.05) is 23.5 Å². The van der Waals surface area contributed by atoms with E-state index in [1.54, 1.807) is 0 Å². The summed E-state index contributed by atoms with van der Waals surface area (Å²) in [7, 11) is 0. The second kappa shape index (κ2) is 5.00. The average Bonchev–Trinajstić information content (AvgIpc) is 2.69. The summed E-state index contributed by atoms with van der Waals surface area (Å²) in [6, 6.07) is 4.95. The number of hydrogen-bond acceptors (Lipinski definition) is 5. The number of nitrogens with two attached hydrogens (primary N) is 1. The Hall–Kier alpha value is -2.29. The molecule has 0 saturated heterocycles. The van der Waals surface area contributed by atoms with E-state index in [4.69, 9.17) is 10.8 Å². The average molecular weight is 304 g/mol. The van der Waals surface area contributed by atoms with Crippen molar-refractivity contribution >= 4 is 22.4 Å². The van der Waals surface area contributed by atoms with E-state index in [9.17, 15) is 18.0 Å². The second-order valence-electron chi connectivity index (χ2n) is 3.61. The van der Waals surface area contributed by atoms with Crippen LogP contribution in [0.25, 0.3) is 10.4 Å². The molecular formula is C11H7F3N2O3S. The lowest BCUT2D eigenvalue weighted by atomic mass is 10.1. The van der Waals surface area contributed by atoms with Crippen molar-refractivity contribution in [2.75, 3.05) is 5.73 Å². The molecule has 0 aliphatic rings. The van der Waals surface area contributed by atoms with E-state index in [0.29, 0.717) is 0 Å². The highest BCUT2D eigenvalue weighted by atomic mass is 32.1. The molecule has 0 aliphatic heterocycles. The van der Waals surface area contributed by atoms with Gasteiger partial charge in [-0.15, -0.1) is 13.2 Å². The van der Waals surface area contributed by atoms with Crippen molar-refractivity contribution < 1.29 is 27.8 Å². The second-order valence-corrected chi connectivity index (χ2v) is 4.64. The van der Waals surface area contributed by atoms with Gasteiger partial charge >= 0.3 is 12.3 Å². The highest BCUT2D eigenvalue weighted by Crippen LogP contribution is 2.34. The molecule has 0 spiro atoms. The highest BCUT2D eigenvalue weighted by Gasteiger charge is 2.31. The summed E-state index contributed by atoms with van der Waals surface area (Å²) in [4.78, 5) is 14.8. The SMILES string of the molecule is Nc1nc(C(=O)O)c(-c2cccc(OC(F)(F)F)c2)s1. The molecule has 0 radical (unpaired) electrons. The Morgan fingerprint density at radius 2 is 2.10 bits per heavy atom. The lowest BCUT2D eigenvalue weighted by Gasteiger charge is -2.09. The van der Waals surface area contributed by atoms with Gasteiger partial charge in [0.15, 0.2) is 10.8 Å². The largest absolute Gasteiger partial charge is 0.573 e. The molecular weight excluding hydrogens is 297 g/mol. The van der Waals surface area contributed by atoms with E-state index in [0.717, 1.165) is 23.5 Å². The number of benzene rings is 1. The minimum Gasteiger partial charge on any atom is -0.476 e. The number of nitrogen functional groups attached to an aromatic ring is 1. The Kier molecular flexibility index (Phi) is 3.53. The maximum atomic E-state index is 12.1. The minimum atomic E-state index is -4.82. The summed E-state index contributed by atoms with van der Waals surface area (Å²) in [6.07, 6.45) is -4.82. The summed E-state index contributed by atoms with van der Waals surface area (Å²) < 4.78 is 40.2. The zero-order valence-electron chi connectivity index (χ0n) is 9.64. The molecule has 0 bridgehead atoms. The summed E-state index contributed by atoms with van der Waals surface area (Å²) in [6.45, 7) is 0. The first kappa shape index (κ1) is 14.1. The van der Waals surface area contributed by atoms with Crippen molar-refractivity contribution in [3.05, 3.63) is 30.0 Å². The van der Waals surface area contributed by atoms with Crippen LogP contribution in [0, 0.1) is 0 Å². The van der Waals surface area contributed by atoms with Crippen LogP contribution in [-0.4, -0.2) is 22.4 Å². The fourth-order valence-corrected chi connectivity index (χ4v) is 2.33.